The highest BCUT2D eigenvalue weighted by Crippen LogP contribution is 2.26. The molecule has 1 amide bonds. The van der Waals surface area contributed by atoms with Crippen molar-refractivity contribution in [3.8, 4) is 0 Å². The van der Waals surface area contributed by atoms with Crippen molar-refractivity contribution < 1.29 is 13.9 Å². The van der Waals surface area contributed by atoms with Crippen molar-refractivity contribution in [1.82, 2.24) is 20.3 Å². The van der Waals surface area contributed by atoms with Gasteiger partial charge in [0, 0.05) is 20.0 Å². The van der Waals surface area contributed by atoms with Gasteiger partial charge >= 0.3 is 0 Å². The SMILES string of the molecule is Cc1nc2c(N3C[C@H]4COC[C@@H](C3)C(=O)N4)ncnc2o1. The maximum absolute atomic E-state index is 12.1. The Morgan fingerprint density at radius 3 is 3.14 bits per heavy atom. The van der Waals surface area contributed by atoms with Gasteiger partial charge in [-0.1, -0.05) is 0 Å². The van der Waals surface area contributed by atoms with Crippen LogP contribution < -0.4 is 10.2 Å². The topological polar surface area (TPSA) is 93.4 Å². The van der Waals surface area contributed by atoms with E-state index in [4.69, 9.17) is 9.15 Å². The Labute approximate surface area is 120 Å². The van der Waals surface area contributed by atoms with Gasteiger partial charge in [0.25, 0.3) is 5.71 Å². The molecule has 4 rings (SSSR count). The molecule has 0 radical (unpaired) electrons. The third kappa shape index (κ3) is 2.11. The lowest BCUT2D eigenvalue weighted by molar-refractivity contribution is -0.124. The number of carbonyl (C=O) groups excluding carboxylic acids is 1. The first-order valence-corrected chi connectivity index (χ1v) is 6.92. The molecular formula is C13H15N5O3. The molecule has 2 aromatic rings. The van der Waals surface area contributed by atoms with Gasteiger partial charge in [-0.05, 0) is 0 Å². The van der Waals surface area contributed by atoms with Crippen molar-refractivity contribution in [3.63, 3.8) is 0 Å². The third-order valence-corrected chi connectivity index (χ3v) is 3.82. The standard InChI is InChI=1S/C13H15N5O3/c1-7-16-10-11(14-6-15-13(10)21-7)18-2-8-4-20-5-9(3-18)17-12(8)19/h6,8-9H,2-5H2,1H3,(H,17,19)/t8-,9+/m1/s1. The number of ether oxygens (including phenoxy) is 1. The second-order valence-electron chi connectivity index (χ2n) is 5.43. The van der Waals surface area contributed by atoms with Gasteiger partial charge in [0.1, 0.15) is 6.33 Å². The van der Waals surface area contributed by atoms with E-state index < -0.39 is 0 Å². The fourth-order valence-corrected chi connectivity index (χ4v) is 2.88. The van der Waals surface area contributed by atoms with E-state index in [-0.39, 0.29) is 17.9 Å². The first kappa shape index (κ1) is 12.5. The second-order valence-corrected chi connectivity index (χ2v) is 5.43. The second kappa shape index (κ2) is 4.66. The summed E-state index contributed by atoms with van der Waals surface area (Å²) in [5.41, 5.74) is 1.12. The number of anilines is 1. The molecule has 2 aliphatic heterocycles. The Balaban J connectivity index is 1.76. The van der Waals surface area contributed by atoms with Crippen LogP contribution in [-0.2, 0) is 9.53 Å². The molecule has 110 valence electrons. The van der Waals surface area contributed by atoms with E-state index in [0.717, 1.165) is 0 Å². The van der Waals surface area contributed by atoms with Crippen molar-refractivity contribution in [3.05, 3.63) is 12.2 Å². The number of rotatable bonds is 1. The van der Waals surface area contributed by atoms with E-state index in [9.17, 15) is 4.79 Å². The van der Waals surface area contributed by atoms with Crippen LogP contribution in [-0.4, -0.2) is 53.2 Å². The molecule has 0 unspecified atom stereocenters. The molecule has 2 atom stereocenters. The first-order chi connectivity index (χ1) is 10.2. The van der Waals surface area contributed by atoms with Gasteiger partial charge in [0.2, 0.25) is 5.91 Å². The minimum absolute atomic E-state index is 0.0389. The maximum atomic E-state index is 12.1. The summed E-state index contributed by atoms with van der Waals surface area (Å²) in [7, 11) is 0. The van der Waals surface area contributed by atoms with Crippen molar-refractivity contribution in [2.45, 2.75) is 13.0 Å². The highest BCUT2D eigenvalue weighted by atomic mass is 16.5. The lowest BCUT2D eigenvalue weighted by Crippen LogP contribution is -2.42. The van der Waals surface area contributed by atoms with Crippen molar-refractivity contribution in [2.24, 2.45) is 5.92 Å². The summed E-state index contributed by atoms with van der Waals surface area (Å²) in [6.07, 6.45) is 1.47. The predicted octanol–water partition coefficient (Wildman–Crippen LogP) is -0.123. The van der Waals surface area contributed by atoms with Crippen LogP contribution in [0.3, 0.4) is 0 Å². The van der Waals surface area contributed by atoms with E-state index in [2.05, 4.69) is 25.2 Å². The number of aryl methyl sites for hydroxylation is 1. The van der Waals surface area contributed by atoms with Crippen LogP contribution in [0.15, 0.2) is 10.7 Å². The molecule has 21 heavy (non-hydrogen) atoms. The molecule has 8 heteroatoms. The monoisotopic (exact) mass is 289 g/mol. The van der Waals surface area contributed by atoms with Gasteiger partial charge in [-0.2, -0.15) is 4.98 Å². The molecule has 1 N–H and O–H groups in total. The van der Waals surface area contributed by atoms with E-state index in [1.165, 1.54) is 6.33 Å². The number of fused-ring (bicyclic) bond motifs is 4. The summed E-state index contributed by atoms with van der Waals surface area (Å²) in [5, 5.41) is 3.00. The van der Waals surface area contributed by atoms with Gasteiger partial charge in [-0.25, -0.2) is 9.97 Å². The molecule has 2 aromatic heterocycles. The molecule has 2 saturated heterocycles. The van der Waals surface area contributed by atoms with Crippen LogP contribution in [0.4, 0.5) is 5.82 Å². The summed E-state index contributed by atoms with van der Waals surface area (Å²) < 4.78 is 11.0. The van der Waals surface area contributed by atoms with E-state index in [1.54, 1.807) is 6.92 Å². The van der Waals surface area contributed by atoms with Gasteiger partial charge in [0.05, 0.1) is 25.2 Å². The van der Waals surface area contributed by atoms with Crippen molar-refractivity contribution >= 4 is 23.0 Å². The van der Waals surface area contributed by atoms with Crippen LogP contribution in [0, 0.1) is 12.8 Å². The molecule has 2 fully saturated rings. The third-order valence-electron chi connectivity index (χ3n) is 3.82. The number of hydrogen-bond acceptors (Lipinski definition) is 7. The normalized spacial score (nSPS) is 25.8. The van der Waals surface area contributed by atoms with Crippen LogP contribution in [0.5, 0.6) is 0 Å². The number of aromatic nitrogens is 3. The minimum atomic E-state index is -0.199. The fourth-order valence-electron chi connectivity index (χ4n) is 2.88. The van der Waals surface area contributed by atoms with E-state index in [0.29, 0.717) is 49.2 Å². The van der Waals surface area contributed by atoms with Gasteiger partial charge < -0.3 is 19.4 Å². The van der Waals surface area contributed by atoms with Crippen LogP contribution in [0.2, 0.25) is 0 Å². The average molecular weight is 289 g/mol. The molecule has 2 aliphatic rings. The Morgan fingerprint density at radius 1 is 1.33 bits per heavy atom. The fraction of sp³-hybridized carbons (Fsp3) is 0.538. The van der Waals surface area contributed by atoms with E-state index in [1.807, 2.05) is 0 Å². The minimum Gasteiger partial charge on any atom is -0.422 e. The summed E-state index contributed by atoms with van der Waals surface area (Å²) in [4.78, 5) is 26.9. The molecular weight excluding hydrogens is 274 g/mol. The zero-order valence-electron chi connectivity index (χ0n) is 11.6. The number of amides is 1. The summed E-state index contributed by atoms with van der Waals surface area (Å²) >= 11 is 0. The molecule has 8 nitrogen and oxygen atoms in total. The zero-order chi connectivity index (χ0) is 14.4. The highest BCUT2D eigenvalue weighted by molar-refractivity contribution is 5.84. The first-order valence-electron chi connectivity index (χ1n) is 6.92. The summed E-state index contributed by atoms with van der Waals surface area (Å²) in [6, 6.07) is -0.0389. The number of hydrogen-bond donors (Lipinski definition) is 1. The Hall–Kier alpha value is -2.22. The van der Waals surface area contributed by atoms with Crippen molar-refractivity contribution in [1.29, 1.82) is 0 Å². The largest absolute Gasteiger partial charge is 0.422 e. The van der Waals surface area contributed by atoms with Crippen LogP contribution >= 0.6 is 0 Å². The molecule has 4 heterocycles. The van der Waals surface area contributed by atoms with Crippen LogP contribution in [0.25, 0.3) is 11.2 Å². The highest BCUT2D eigenvalue weighted by Gasteiger charge is 2.34. The summed E-state index contributed by atoms with van der Waals surface area (Å²) in [6.45, 7) is 3.93. The Bertz CT molecular complexity index is 700. The smallest absolute Gasteiger partial charge is 0.252 e. The number of nitrogens with one attached hydrogen (secondary N) is 1. The number of nitrogens with zero attached hydrogens (tertiary/aromatic N) is 4. The lowest BCUT2D eigenvalue weighted by atomic mass is 10.1. The molecule has 0 aliphatic carbocycles. The van der Waals surface area contributed by atoms with Crippen LogP contribution in [0.1, 0.15) is 5.89 Å². The molecule has 0 saturated carbocycles. The number of oxazole rings is 1. The molecule has 0 aromatic carbocycles. The maximum Gasteiger partial charge on any atom is 0.252 e. The van der Waals surface area contributed by atoms with E-state index >= 15 is 0 Å². The zero-order valence-corrected chi connectivity index (χ0v) is 11.6. The average Bonchev–Trinajstić information content (AvgIpc) is 2.63. The Morgan fingerprint density at radius 2 is 2.24 bits per heavy atom. The lowest BCUT2D eigenvalue weighted by Gasteiger charge is -2.28. The summed E-state index contributed by atoms with van der Waals surface area (Å²) in [5.74, 6) is 1.11. The van der Waals surface area contributed by atoms with Gasteiger partial charge in [0.15, 0.2) is 17.2 Å². The quantitative estimate of drug-likeness (QED) is 0.782. The van der Waals surface area contributed by atoms with Gasteiger partial charge in [-0.3, -0.25) is 4.79 Å². The number of carbonyl (C=O) groups is 1. The van der Waals surface area contributed by atoms with Gasteiger partial charge in [-0.15, -0.1) is 0 Å². The molecule has 2 bridgehead atoms. The van der Waals surface area contributed by atoms with Crippen molar-refractivity contribution in [2.75, 3.05) is 31.2 Å². The predicted molar refractivity (Wildman–Crippen MR) is 72.8 cm³/mol. The molecule has 0 spiro atoms. The Kier molecular flexibility index (Phi) is 2.78.